The van der Waals surface area contributed by atoms with Crippen molar-refractivity contribution in [1.82, 2.24) is 5.32 Å². The Morgan fingerprint density at radius 3 is 2.64 bits per heavy atom. The molecular formula is C23H24N2O3. The molecule has 0 bridgehead atoms. The summed E-state index contributed by atoms with van der Waals surface area (Å²) in [4.78, 5) is 24.8. The molecule has 2 aromatic rings. The highest BCUT2D eigenvalue weighted by molar-refractivity contribution is 6.08. The average molecular weight is 376 g/mol. The predicted molar refractivity (Wildman–Crippen MR) is 109 cm³/mol. The summed E-state index contributed by atoms with van der Waals surface area (Å²) in [6.45, 7) is 2.20. The Balaban J connectivity index is 1.45. The molecule has 0 saturated heterocycles. The van der Waals surface area contributed by atoms with Gasteiger partial charge in [0.2, 0.25) is 0 Å². The van der Waals surface area contributed by atoms with Crippen LogP contribution in [0.1, 0.15) is 48.5 Å². The van der Waals surface area contributed by atoms with E-state index in [9.17, 15) is 9.59 Å². The average Bonchev–Trinajstić information content (AvgIpc) is 2.71. The van der Waals surface area contributed by atoms with Crippen LogP contribution >= 0.6 is 0 Å². The molecule has 2 aliphatic rings. The molecule has 2 atom stereocenters. The molecule has 4 rings (SSSR count). The number of hydrogen-bond acceptors (Lipinski definition) is 3. The number of ether oxygens (including phenoxy) is 1. The Morgan fingerprint density at radius 2 is 1.86 bits per heavy atom. The summed E-state index contributed by atoms with van der Waals surface area (Å²) in [6.07, 6.45) is 6.31. The molecule has 0 radical (unpaired) electrons. The van der Waals surface area contributed by atoms with Crippen LogP contribution in [0.4, 0.5) is 5.69 Å². The Morgan fingerprint density at radius 1 is 1.11 bits per heavy atom. The molecule has 1 aliphatic carbocycles. The number of para-hydroxylation sites is 2. The van der Waals surface area contributed by atoms with Crippen LogP contribution in [-0.2, 0) is 4.79 Å². The van der Waals surface area contributed by atoms with E-state index in [1.807, 2.05) is 30.3 Å². The number of anilines is 1. The lowest BCUT2D eigenvalue weighted by Gasteiger charge is -2.29. The number of fused-ring (bicyclic) bond motifs is 1. The Labute approximate surface area is 164 Å². The third kappa shape index (κ3) is 3.93. The summed E-state index contributed by atoms with van der Waals surface area (Å²) in [6, 6.07) is 14.8. The highest BCUT2D eigenvalue weighted by Gasteiger charge is 2.23. The van der Waals surface area contributed by atoms with E-state index >= 15 is 0 Å². The summed E-state index contributed by atoms with van der Waals surface area (Å²) in [5.41, 5.74) is 2.08. The number of carbonyl (C=O) groups is 2. The SMILES string of the molecule is C[C@H]1CCCC[C@@H]1NC(=O)c1ccc(/C=C2/Oc3ccccc3NC2=O)cc1. The van der Waals surface area contributed by atoms with Crippen LogP contribution in [0.3, 0.4) is 0 Å². The Kier molecular flexibility index (Phi) is 5.15. The van der Waals surface area contributed by atoms with Gasteiger partial charge in [-0.15, -0.1) is 0 Å². The molecule has 2 amide bonds. The van der Waals surface area contributed by atoms with Gasteiger partial charge in [-0.1, -0.05) is 44.0 Å². The Hall–Kier alpha value is -3.08. The predicted octanol–water partition coefficient (Wildman–Crippen LogP) is 4.37. The standard InChI is InChI=1S/C23H24N2O3/c1-15-6-2-3-7-18(15)24-22(26)17-12-10-16(11-13-17)14-21-23(27)25-19-8-4-5-9-20(19)28-21/h4-5,8-15,18H,2-3,6-7H2,1H3,(H,24,26)(H,25,27)/b21-14+/t15-,18-/m0/s1. The molecule has 2 aromatic carbocycles. The maximum atomic E-state index is 12.5. The molecule has 1 aliphatic heterocycles. The maximum absolute atomic E-state index is 12.5. The number of amides is 2. The third-order valence-corrected chi connectivity index (χ3v) is 5.48. The number of nitrogens with one attached hydrogen (secondary N) is 2. The molecule has 0 spiro atoms. The first-order valence-electron chi connectivity index (χ1n) is 9.81. The van der Waals surface area contributed by atoms with Crippen molar-refractivity contribution < 1.29 is 14.3 Å². The first-order valence-corrected chi connectivity index (χ1v) is 9.81. The number of carbonyl (C=O) groups excluding carboxylic acids is 2. The highest BCUT2D eigenvalue weighted by atomic mass is 16.5. The molecule has 5 nitrogen and oxygen atoms in total. The van der Waals surface area contributed by atoms with Crippen molar-refractivity contribution in [1.29, 1.82) is 0 Å². The zero-order valence-electron chi connectivity index (χ0n) is 15.9. The molecule has 0 unspecified atom stereocenters. The van der Waals surface area contributed by atoms with Crippen LogP contribution in [0.15, 0.2) is 54.3 Å². The van der Waals surface area contributed by atoms with Crippen LogP contribution in [0.25, 0.3) is 6.08 Å². The second-order valence-corrected chi connectivity index (χ2v) is 7.52. The van der Waals surface area contributed by atoms with Crippen LogP contribution in [0, 0.1) is 5.92 Å². The van der Waals surface area contributed by atoms with E-state index < -0.39 is 0 Å². The highest BCUT2D eigenvalue weighted by Crippen LogP contribution is 2.30. The largest absolute Gasteiger partial charge is 0.449 e. The van der Waals surface area contributed by atoms with Crippen molar-refractivity contribution in [3.05, 3.63) is 65.4 Å². The van der Waals surface area contributed by atoms with Gasteiger partial charge in [0, 0.05) is 11.6 Å². The van der Waals surface area contributed by atoms with Crippen LogP contribution in [-0.4, -0.2) is 17.9 Å². The van der Waals surface area contributed by atoms with Gasteiger partial charge in [-0.3, -0.25) is 9.59 Å². The second-order valence-electron chi connectivity index (χ2n) is 7.52. The van der Waals surface area contributed by atoms with Crippen molar-refractivity contribution >= 4 is 23.6 Å². The minimum Gasteiger partial charge on any atom is -0.449 e. The van der Waals surface area contributed by atoms with Crippen molar-refractivity contribution in [3.8, 4) is 5.75 Å². The topological polar surface area (TPSA) is 67.4 Å². The minimum atomic E-state index is -0.285. The fourth-order valence-electron chi connectivity index (χ4n) is 3.77. The second kappa shape index (κ2) is 7.89. The molecule has 28 heavy (non-hydrogen) atoms. The summed E-state index contributed by atoms with van der Waals surface area (Å²) in [7, 11) is 0. The maximum Gasteiger partial charge on any atom is 0.291 e. The zero-order chi connectivity index (χ0) is 19.5. The molecule has 1 fully saturated rings. The van der Waals surface area contributed by atoms with E-state index in [1.54, 1.807) is 24.3 Å². The Bertz CT molecular complexity index is 918. The van der Waals surface area contributed by atoms with Crippen LogP contribution in [0.2, 0.25) is 0 Å². The number of hydrogen-bond donors (Lipinski definition) is 2. The summed E-state index contributed by atoms with van der Waals surface area (Å²) < 4.78 is 5.71. The lowest BCUT2D eigenvalue weighted by Crippen LogP contribution is -2.41. The first-order chi connectivity index (χ1) is 13.6. The third-order valence-electron chi connectivity index (χ3n) is 5.48. The van der Waals surface area contributed by atoms with E-state index in [2.05, 4.69) is 17.6 Å². The number of benzene rings is 2. The van der Waals surface area contributed by atoms with Gasteiger partial charge in [0.05, 0.1) is 5.69 Å². The van der Waals surface area contributed by atoms with Crippen LogP contribution < -0.4 is 15.4 Å². The van der Waals surface area contributed by atoms with Crippen molar-refractivity contribution in [2.45, 2.75) is 38.6 Å². The molecule has 1 heterocycles. The lowest BCUT2D eigenvalue weighted by atomic mass is 9.86. The molecular weight excluding hydrogens is 352 g/mol. The molecule has 2 N–H and O–H groups in total. The monoisotopic (exact) mass is 376 g/mol. The lowest BCUT2D eigenvalue weighted by molar-refractivity contribution is -0.115. The minimum absolute atomic E-state index is 0.0430. The van der Waals surface area contributed by atoms with Gasteiger partial charge >= 0.3 is 0 Å². The molecule has 144 valence electrons. The van der Waals surface area contributed by atoms with E-state index in [4.69, 9.17) is 4.74 Å². The van der Waals surface area contributed by atoms with E-state index in [0.29, 0.717) is 22.9 Å². The van der Waals surface area contributed by atoms with Gasteiger partial charge in [-0.25, -0.2) is 0 Å². The van der Waals surface area contributed by atoms with Crippen LogP contribution in [0.5, 0.6) is 5.75 Å². The molecule has 0 aromatic heterocycles. The fourth-order valence-corrected chi connectivity index (χ4v) is 3.77. The summed E-state index contributed by atoms with van der Waals surface area (Å²) >= 11 is 0. The zero-order valence-corrected chi connectivity index (χ0v) is 15.9. The van der Waals surface area contributed by atoms with Gasteiger partial charge in [0.1, 0.15) is 0 Å². The van der Waals surface area contributed by atoms with Gasteiger partial charge in [0.15, 0.2) is 11.5 Å². The summed E-state index contributed by atoms with van der Waals surface area (Å²) in [5, 5.41) is 5.97. The smallest absolute Gasteiger partial charge is 0.291 e. The normalized spacial score (nSPS) is 22.8. The fraction of sp³-hybridized carbons (Fsp3) is 0.304. The number of rotatable bonds is 3. The summed E-state index contributed by atoms with van der Waals surface area (Å²) in [5.74, 6) is 1.04. The first kappa shape index (κ1) is 18.3. The van der Waals surface area contributed by atoms with Gasteiger partial charge in [-0.05, 0) is 54.7 Å². The van der Waals surface area contributed by atoms with Gasteiger partial charge < -0.3 is 15.4 Å². The van der Waals surface area contributed by atoms with Crippen molar-refractivity contribution in [2.75, 3.05) is 5.32 Å². The van der Waals surface area contributed by atoms with Crippen molar-refractivity contribution in [3.63, 3.8) is 0 Å². The van der Waals surface area contributed by atoms with Gasteiger partial charge in [0.25, 0.3) is 11.8 Å². The van der Waals surface area contributed by atoms with E-state index in [-0.39, 0.29) is 23.6 Å². The quantitative estimate of drug-likeness (QED) is 0.782. The van der Waals surface area contributed by atoms with E-state index in [1.165, 1.54) is 19.3 Å². The molecule has 5 heteroatoms. The van der Waals surface area contributed by atoms with Gasteiger partial charge in [-0.2, -0.15) is 0 Å². The van der Waals surface area contributed by atoms with Crippen molar-refractivity contribution in [2.24, 2.45) is 5.92 Å². The molecule has 1 saturated carbocycles. The van der Waals surface area contributed by atoms with E-state index in [0.717, 1.165) is 12.0 Å².